The van der Waals surface area contributed by atoms with E-state index in [-0.39, 0.29) is 0 Å². The molecule has 0 aliphatic rings. The Bertz CT molecular complexity index is 223. The molecule has 80 valence electrons. The maximum absolute atomic E-state index is 8.59. The predicted octanol–water partition coefficient (Wildman–Crippen LogP) is 1.22. The molecular formula is C10H19N3O. The summed E-state index contributed by atoms with van der Waals surface area (Å²) in [5.74, 6) is 0. The first kappa shape index (κ1) is 11.2. The van der Waals surface area contributed by atoms with Crippen LogP contribution in [-0.4, -0.2) is 28.5 Å². The number of aromatic nitrogens is 2. The molecule has 4 nitrogen and oxygen atoms in total. The highest BCUT2D eigenvalue weighted by molar-refractivity contribution is 5.02. The van der Waals surface area contributed by atoms with Gasteiger partial charge in [-0.3, -0.25) is 5.10 Å². The summed E-state index contributed by atoms with van der Waals surface area (Å²) < 4.78 is 0. The molecule has 0 aromatic carbocycles. The van der Waals surface area contributed by atoms with Crippen molar-refractivity contribution in [3.63, 3.8) is 0 Å². The molecule has 0 aliphatic heterocycles. The van der Waals surface area contributed by atoms with Gasteiger partial charge in [0.25, 0.3) is 0 Å². The molecule has 1 unspecified atom stereocenters. The Balaban J connectivity index is 2.07. The summed E-state index contributed by atoms with van der Waals surface area (Å²) in [4.78, 5) is 0. The van der Waals surface area contributed by atoms with E-state index in [4.69, 9.17) is 5.11 Å². The van der Waals surface area contributed by atoms with Gasteiger partial charge in [-0.25, -0.2) is 0 Å². The molecule has 0 bridgehead atoms. The van der Waals surface area contributed by atoms with Crippen molar-refractivity contribution >= 4 is 0 Å². The van der Waals surface area contributed by atoms with E-state index in [1.54, 1.807) is 6.20 Å². The van der Waals surface area contributed by atoms with E-state index < -0.39 is 0 Å². The lowest BCUT2D eigenvalue weighted by Gasteiger charge is -2.11. The highest BCUT2D eigenvalue weighted by Gasteiger charge is 2.04. The maximum Gasteiger partial charge on any atom is 0.0518 e. The minimum Gasteiger partial charge on any atom is -0.396 e. The Hall–Kier alpha value is -0.870. The van der Waals surface area contributed by atoms with E-state index in [2.05, 4.69) is 22.4 Å². The van der Waals surface area contributed by atoms with Crippen molar-refractivity contribution in [2.75, 3.05) is 13.2 Å². The predicted molar refractivity (Wildman–Crippen MR) is 55.9 cm³/mol. The zero-order valence-electron chi connectivity index (χ0n) is 8.66. The van der Waals surface area contributed by atoms with Crippen LogP contribution in [0.2, 0.25) is 0 Å². The van der Waals surface area contributed by atoms with Crippen molar-refractivity contribution in [2.45, 2.75) is 32.2 Å². The first-order valence-corrected chi connectivity index (χ1v) is 5.18. The number of H-pyrrole nitrogens is 1. The van der Waals surface area contributed by atoms with Crippen LogP contribution in [0.15, 0.2) is 12.3 Å². The average molecular weight is 197 g/mol. The van der Waals surface area contributed by atoms with Gasteiger partial charge in [0, 0.05) is 18.8 Å². The van der Waals surface area contributed by atoms with Crippen LogP contribution in [0.3, 0.4) is 0 Å². The molecule has 0 radical (unpaired) electrons. The molecule has 1 heterocycles. The molecular weight excluding hydrogens is 178 g/mol. The smallest absolute Gasteiger partial charge is 0.0518 e. The van der Waals surface area contributed by atoms with E-state index >= 15 is 0 Å². The Morgan fingerprint density at radius 2 is 2.36 bits per heavy atom. The first-order valence-electron chi connectivity index (χ1n) is 5.18. The molecule has 14 heavy (non-hydrogen) atoms. The lowest BCUT2D eigenvalue weighted by molar-refractivity contribution is 0.282. The van der Waals surface area contributed by atoms with Crippen molar-refractivity contribution < 1.29 is 5.11 Å². The van der Waals surface area contributed by atoms with Crippen molar-refractivity contribution in [3.05, 3.63) is 18.0 Å². The zero-order valence-corrected chi connectivity index (χ0v) is 8.66. The lowest BCUT2D eigenvalue weighted by Crippen LogP contribution is -2.20. The molecule has 0 fully saturated rings. The van der Waals surface area contributed by atoms with Crippen molar-refractivity contribution in [1.82, 2.24) is 15.5 Å². The van der Waals surface area contributed by atoms with Crippen molar-refractivity contribution in [2.24, 2.45) is 0 Å². The number of hydrogen-bond acceptors (Lipinski definition) is 3. The Morgan fingerprint density at radius 1 is 1.50 bits per heavy atom. The van der Waals surface area contributed by atoms with Gasteiger partial charge in [-0.15, -0.1) is 0 Å². The SMILES string of the molecule is CC(NCCCCCO)c1ccn[nH]1. The molecule has 0 amide bonds. The quantitative estimate of drug-likeness (QED) is 0.576. The fraction of sp³-hybridized carbons (Fsp3) is 0.700. The van der Waals surface area contributed by atoms with Crippen LogP contribution in [0.1, 0.15) is 37.9 Å². The second kappa shape index (κ2) is 6.56. The number of nitrogens with one attached hydrogen (secondary N) is 2. The second-order valence-electron chi connectivity index (χ2n) is 3.47. The highest BCUT2D eigenvalue weighted by atomic mass is 16.2. The molecule has 1 atom stereocenters. The normalized spacial score (nSPS) is 13.0. The second-order valence-corrected chi connectivity index (χ2v) is 3.47. The average Bonchev–Trinajstić information content (AvgIpc) is 2.70. The minimum absolute atomic E-state index is 0.302. The van der Waals surface area contributed by atoms with Crippen molar-refractivity contribution in [1.29, 1.82) is 0 Å². The Kier molecular flexibility index (Phi) is 5.25. The Labute approximate surface area is 84.7 Å². The summed E-state index contributed by atoms with van der Waals surface area (Å²) >= 11 is 0. The summed E-state index contributed by atoms with van der Waals surface area (Å²) in [5, 5.41) is 18.8. The van der Waals surface area contributed by atoms with Crippen LogP contribution in [-0.2, 0) is 0 Å². The molecule has 4 heteroatoms. The van der Waals surface area contributed by atoms with Gasteiger partial charge >= 0.3 is 0 Å². The Morgan fingerprint density at radius 3 is 3.00 bits per heavy atom. The fourth-order valence-corrected chi connectivity index (χ4v) is 1.35. The van der Waals surface area contributed by atoms with Crippen LogP contribution in [0.5, 0.6) is 0 Å². The van der Waals surface area contributed by atoms with Gasteiger partial charge in [0.15, 0.2) is 0 Å². The van der Waals surface area contributed by atoms with Crippen LogP contribution in [0.25, 0.3) is 0 Å². The summed E-state index contributed by atoms with van der Waals surface area (Å²) in [6.07, 6.45) is 4.86. The number of aliphatic hydroxyl groups is 1. The van der Waals surface area contributed by atoms with E-state index in [9.17, 15) is 0 Å². The minimum atomic E-state index is 0.302. The number of nitrogens with zero attached hydrogens (tertiary/aromatic N) is 1. The van der Waals surface area contributed by atoms with Gasteiger partial charge < -0.3 is 10.4 Å². The van der Waals surface area contributed by atoms with Crippen LogP contribution in [0.4, 0.5) is 0 Å². The van der Waals surface area contributed by atoms with Crippen LogP contribution in [0, 0.1) is 0 Å². The number of rotatable bonds is 7. The fourth-order valence-electron chi connectivity index (χ4n) is 1.35. The van der Waals surface area contributed by atoms with E-state index in [1.165, 1.54) is 0 Å². The molecule has 1 aromatic rings. The molecule has 1 aromatic heterocycles. The standard InChI is InChI=1S/C10H19N3O/c1-9(10-5-7-12-13-10)11-6-3-2-4-8-14/h5,7,9,11,14H,2-4,6,8H2,1H3,(H,12,13). The van der Waals surface area contributed by atoms with E-state index in [0.717, 1.165) is 31.5 Å². The van der Waals surface area contributed by atoms with E-state index in [0.29, 0.717) is 12.6 Å². The van der Waals surface area contributed by atoms with Gasteiger partial charge in [-0.2, -0.15) is 5.10 Å². The molecule has 1 rings (SSSR count). The maximum atomic E-state index is 8.59. The molecule has 3 N–H and O–H groups in total. The number of unbranched alkanes of at least 4 members (excludes halogenated alkanes) is 2. The van der Waals surface area contributed by atoms with Gasteiger partial charge in [0.05, 0.1) is 5.69 Å². The summed E-state index contributed by atoms with van der Waals surface area (Å²) in [7, 11) is 0. The summed E-state index contributed by atoms with van der Waals surface area (Å²) in [6, 6.07) is 2.30. The molecule has 0 aliphatic carbocycles. The lowest BCUT2D eigenvalue weighted by atomic mass is 10.2. The van der Waals surface area contributed by atoms with E-state index in [1.807, 2.05) is 6.07 Å². The molecule has 0 saturated heterocycles. The van der Waals surface area contributed by atoms with Gasteiger partial charge in [-0.05, 0) is 38.8 Å². The van der Waals surface area contributed by atoms with Gasteiger partial charge in [0.1, 0.15) is 0 Å². The van der Waals surface area contributed by atoms with Crippen LogP contribution < -0.4 is 5.32 Å². The molecule has 0 saturated carbocycles. The van der Waals surface area contributed by atoms with Crippen LogP contribution >= 0.6 is 0 Å². The topological polar surface area (TPSA) is 60.9 Å². The molecule has 0 spiro atoms. The number of aliphatic hydroxyl groups excluding tert-OH is 1. The third kappa shape index (κ3) is 3.89. The highest BCUT2D eigenvalue weighted by Crippen LogP contribution is 2.07. The summed E-state index contributed by atoms with van der Waals surface area (Å²) in [6.45, 7) is 3.40. The number of aromatic amines is 1. The summed E-state index contributed by atoms with van der Waals surface area (Å²) in [5.41, 5.74) is 1.12. The van der Waals surface area contributed by atoms with Gasteiger partial charge in [0.2, 0.25) is 0 Å². The number of hydrogen-bond donors (Lipinski definition) is 3. The zero-order chi connectivity index (χ0) is 10.2. The first-order chi connectivity index (χ1) is 6.84. The van der Waals surface area contributed by atoms with Gasteiger partial charge in [-0.1, -0.05) is 0 Å². The van der Waals surface area contributed by atoms with Crippen molar-refractivity contribution in [3.8, 4) is 0 Å². The largest absolute Gasteiger partial charge is 0.396 e. The monoisotopic (exact) mass is 197 g/mol. The third-order valence-electron chi connectivity index (χ3n) is 2.27. The third-order valence-corrected chi connectivity index (χ3v) is 2.27.